The number of benzene rings is 2. The molecule has 0 fully saturated rings. The standard InChI is InChI=1S/C18H17ClN2O3/c1-13(3-4-14-5-11-17(23-2)12-6-14)21-24-18(22)20-16-9-7-15(19)8-10-16/h3-12H,1-2H3,(H,20,22)/b4-3+,21-13+. The molecule has 0 unspecified atom stereocenters. The van der Waals surface area contributed by atoms with Gasteiger partial charge in [0.25, 0.3) is 0 Å². The van der Waals surface area contributed by atoms with Gasteiger partial charge in [0.2, 0.25) is 0 Å². The summed E-state index contributed by atoms with van der Waals surface area (Å²) >= 11 is 5.77. The van der Waals surface area contributed by atoms with Crippen LogP contribution in [0.1, 0.15) is 12.5 Å². The minimum atomic E-state index is -0.672. The Kier molecular flexibility index (Phi) is 6.40. The average molecular weight is 345 g/mol. The number of allylic oxidation sites excluding steroid dienone is 1. The van der Waals surface area contributed by atoms with Gasteiger partial charge in [0.1, 0.15) is 5.75 Å². The van der Waals surface area contributed by atoms with Crippen molar-refractivity contribution < 1.29 is 14.4 Å². The Balaban J connectivity index is 1.86. The van der Waals surface area contributed by atoms with Crippen molar-refractivity contribution in [1.82, 2.24) is 0 Å². The highest BCUT2D eigenvalue weighted by Crippen LogP contribution is 2.14. The molecule has 0 aliphatic heterocycles. The van der Waals surface area contributed by atoms with Crippen molar-refractivity contribution in [2.24, 2.45) is 5.16 Å². The number of methoxy groups -OCH3 is 1. The number of hydrogen-bond donors (Lipinski definition) is 1. The predicted molar refractivity (Wildman–Crippen MR) is 96.7 cm³/mol. The van der Waals surface area contributed by atoms with E-state index in [-0.39, 0.29) is 0 Å². The van der Waals surface area contributed by atoms with E-state index in [1.807, 2.05) is 30.3 Å². The van der Waals surface area contributed by atoms with Gasteiger partial charge in [-0.25, -0.2) is 4.79 Å². The summed E-state index contributed by atoms with van der Waals surface area (Å²) < 4.78 is 5.10. The lowest BCUT2D eigenvalue weighted by Gasteiger charge is -2.02. The highest BCUT2D eigenvalue weighted by Gasteiger charge is 2.02. The number of carbonyl (C=O) groups excluding carboxylic acids is 1. The van der Waals surface area contributed by atoms with Crippen LogP contribution in [-0.2, 0) is 4.84 Å². The van der Waals surface area contributed by atoms with Gasteiger partial charge in [-0.15, -0.1) is 0 Å². The first-order valence-corrected chi connectivity index (χ1v) is 7.55. The molecule has 1 amide bonds. The molecule has 0 saturated carbocycles. The molecule has 0 heterocycles. The fraction of sp³-hybridized carbons (Fsp3) is 0.111. The number of carbonyl (C=O) groups is 1. The van der Waals surface area contributed by atoms with Crippen molar-refractivity contribution in [2.75, 3.05) is 12.4 Å². The van der Waals surface area contributed by atoms with E-state index in [0.717, 1.165) is 11.3 Å². The Morgan fingerprint density at radius 2 is 1.79 bits per heavy atom. The maximum atomic E-state index is 11.6. The molecule has 0 aliphatic carbocycles. The molecule has 0 radical (unpaired) electrons. The lowest BCUT2D eigenvalue weighted by atomic mass is 10.2. The number of nitrogens with zero attached hydrogens (tertiary/aromatic N) is 1. The second kappa shape index (κ2) is 8.74. The van der Waals surface area contributed by atoms with Crippen molar-refractivity contribution in [3.8, 4) is 5.75 Å². The summed E-state index contributed by atoms with van der Waals surface area (Å²) in [7, 11) is 1.62. The molecule has 0 atom stereocenters. The maximum Gasteiger partial charge on any atom is 0.437 e. The van der Waals surface area contributed by atoms with Crippen molar-refractivity contribution in [3.05, 3.63) is 65.2 Å². The van der Waals surface area contributed by atoms with Crippen LogP contribution in [0.3, 0.4) is 0 Å². The van der Waals surface area contributed by atoms with Crippen LogP contribution < -0.4 is 10.1 Å². The summed E-state index contributed by atoms with van der Waals surface area (Å²) in [4.78, 5) is 16.4. The van der Waals surface area contributed by atoms with Gasteiger partial charge >= 0.3 is 6.09 Å². The molecular formula is C18H17ClN2O3. The Morgan fingerprint density at radius 3 is 2.42 bits per heavy atom. The fourth-order valence-electron chi connectivity index (χ4n) is 1.75. The van der Waals surface area contributed by atoms with Crippen LogP contribution in [-0.4, -0.2) is 18.9 Å². The van der Waals surface area contributed by atoms with Gasteiger partial charge in [-0.05, 0) is 55.0 Å². The van der Waals surface area contributed by atoms with Crippen molar-refractivity contribution >= 4 is 35.2 Å². The van der Waals surface area contributed by atoms with E-state index in [1.54, 1.807) is 44.4 Å². The topological polar surface area (TPSA) is 59.9 Å². The molecule has 0 saturated heterocycles. The first-order valence-electron chi connectivity index (χ1n) is 7.17. The molecule has 5 nitrogen and oxygen atoms in total. The van der Waals surface area contributed by atoms with E-state index in [4.69, 9.17) is 21.2 Å². The van der Waals surface area contributed by atoms with Gasteiger partial charge in [-0.1, -0.05) is 35.0 Å². The normalized spacial score (nSPS) is 11.4. The van der Waals surface area contributed by atoms with Crippen LogP contribution in [0.4, 0.5) is 10.5 Å². The van der Waals surface area contributed by atoms with E-state index in [9.17, 15) is 4.79 Å². The largest absolute Gasteiger partial charge is 0.497 e. The summed E-state index contributed by atoms with van der Waals surface area (Å²) in [6.07, 6.45) is 2.94. The van der Waals surface area contributed by atoms with Gasteiger partial charge in [0, 0.05) is 10.7 Å². The quantitative estimate of drug-likeness (QED) is 0.472. The van der Waals surface area contributed by atoms with E-state index in [1.165, 1.54) is 0 Å². The zero-order valence-electron chi connectivity index (χ0n) is 13.3. The molecule has 2 aromatic carbocycles. The van der Waals surface area contributed by atoms with E-state index in [0.29, 0.717) is 16.4 Å². The SMILES string of the molecule is COc1ccc(/C=C/C(C)=N/OC(=O)Nc2ccc(Cl)cc2)cc1. The van der Waals surface area contributed by atoms with Crippen LogP contribution in [0.2, 0.25) is 5.02 Å². The Morgan fingerprint density at radius 1 is 1.12 bits per heavy atom. The zero-order chi connectivity index (χ0) is 17.4. The molecule has 2 aromatic rings. The highest BCUT2D eigenvalue weighted by molar-refractivity contribution is 6.30. The van der Waals surface area contributed by atoms with E-state index in [2.05, 4.69) is 10.5 Å². The number of rotatable bonds is 5. The van der Waals surface area contributed by atoms with E-state index < -0.39 is 6.09 Å². The molecule has 0 bridgehead atoms. The molecule has 0 aliphatic rings. The van der Waals surface area contributed by atoms with Gasteiger partial charge in [0.15, 0.2) is 0 Å². The lowest BCUT2D eigenvalue weighted by molar-refractivity contribution is 0.166. The van der Waals surface area contributed by atoms with Crippen LogP contribution in [0.25, 0.3) is 6.08 Å². The highest BCUT2D eigenvalue weighted by atomic mass is 35.5. The number of oxime groups is 1. The first-order chi connectivity index (χ1) is 11.6. The van der Waals surface area contributed by atoms with Crippen LogP contribution in [0.5, 0.6) is 5.75 Å². The van der Waals surface area contributed by atoms with Crippen molar-refractivity contribution in [3.63, 3.8) is 0 Å². The first kappa shape index (κ1) is 17.6. The number of nitrogens with one attached hydrogen (secondary N) is 1. The second-order valence-corrected chi connectivity index (χ2v) is 5.29. The molecule has 1 N–H and O–H groups in total. The van der Waals surface area contributed by atoms with Gasteiger partial charge < -0.3 is 4.74 Å². The molecule has 0 spiro atoms. The molecule has 24 heavy (non-hydrogen) atoms. The Labute approximate surface area is 145 Å². The summed E-state index contributed by atoms with van der Waals surface area (Å²) in [6.45, 7) is 1.73. The van der Waals surface area contributed by atoms with Crippen LogP contribution in [0, 0.1) is 0 Å². The second-order valence-electron chi connectivity index (χ2n) is 4.85. The van der Waals surface area contributed by atoms with Crippen molar-refractivity contribution in [1.29, 1.82) is 0 Å². The molecular weight excluding hydrogens is 328 g/mol. The van der Waals surface area contributed by atoms with Gasteiger partial charge in [-0.2, -0.15) is 0 Å². The molecule has 124 valence electrons. The van der Waals surface area contributed by atoms with Gasteiger partial charge in [-0.3, -0.25) is 10.2 Å². The number of halogens is 1. The molecule has 2 rings (SSSR count). The van der Waals surface area contributed by atoms with E-state index >= 15 is 0 Å². The molecule has 0 aromatic heterocycles. The minimum absolute atomic E-state index is 0.553. The van der Waals surface area contributed by atoms with Crippen LogP contribution in [0.15, 0.2) is 59.8 Å². The summed E-state index contributed by atoms with van der Waals surface area (Å²) in [5.74, 6) is 0.791. The summed E-state index contributed by atoms with van der Waals surface area (Å²) in [5.41, 5.74) is 2.11. The number of amides is 1. The van der Waals surface area contributed by atoms with Crippen molar-refractivity contribution in [2.45, 2.75) is 6.92 Å². The fourth-order valence-corrected chi connectivity index (χ4v) is 1.88. The minimum Gasteiger partial charge on any atom is -0.497 e. The third-order valence-corrected chi connectivity index (χ3v) is 3.25. The number of hydrogen-bond acceptors (Lipinski definition) is 4. The summed E-state index contributed by atoms with van der Waals surface area (Å²) in [6, 6.07) is 14.2. The third kappa shape index (κ3) is 5.78. The Hall–Kier alpha value is -2.79. The Bertz CT molecular complexity index is 738. The molecule has 6 heteroatoms. The zero-order valence-corrected chi connectivity index (χ0v) is 14.1. The summed E-state index contributed by atoms with van der Waals surface area (Å²) in [5, 5.41) is 6.89. The maximum absolute atomic E-state index is 11.6. The number of ether oxygens (including phenoxy) is 1. The van der Waals surface area contributed by atoms with Gasteiger partial charge in [0.05, 0.1) is 12.8 Å². The average Bonchev–Trinajstić information content (AvgIpc) is 2.60. The monoisotopic (exact) mass is 344 g/mol. The smallest absolute Gasteiger partial charge is 0.437 e. The lowest BCUT2D eigenvalue weighted by Crippen LogP contribution is -2.11. The number of anilines is 1. The predicted octanol–water partition coefficient (Wildman–Crippen LogP) is 4.99. The van der Waals surface area contributed by atoms with Crippen LogP contribution >= 0.6 is 11.6 Å². The third-order valence-electron chi connectivity index (χ3n) is 3.00.